The van der Waals surface area contributed by atoms with E-state index in [1.165, 1.54) is 0 Å². The fourth-order valence-corrected chi connectivity index (χ4v) is 2.82. The number of hydrogen-bond acceptors (Lipinski definition) is 5. The summed E-state index contributed by atoms with van der Waals surface area (Å²) in [6, 6.07) is 9.99. The topological polar surface area (TPSA) is 56.3 Å². The summed E-state index contributed by atoms with van der Waals surface area (Å²) < 4.78 is 5.71. The number of nitriles is 1. The highest BCUT2D eigenvalue weighted by atomic mass is 35.5. The Hall–Kier alpha value is -2.19. The van der Waals surface area contributed by atoms with Gasteiger partial charge in [-0.1, -0.05) is 24.6 Å². The Morgan fingerprint density at radius 2 is 2.00 bits per heavy atom. The van der Waals surface area contributed by atoms with Crippen molar-refractivity contribution in [1.29, 1.82) is 5.26 Å². The molecule has 0 atom stereocenters. The van der Waals surface area contributed by atoms with Crippen molar-refractivity contribution in [2.75, 3.05) is 36.0 Å². The number of rotatable bonds is 3. The highest BCUT2D eigenvalue weighted by molar-refractivity contribution is 6.30. The average molecular weight is 317 g/mol. The zero-order chi connectivity index (χ0) is 15.5. The van der Waals surface area contributed by atoms with E-state index in [0.717, 1.165) is 36.9 Å². The standard InChI is InChI=1S/C16H17ClN4O/c1-2-15-19-14(11-18)16(22-15)21-8-6-20(7-9-21)13-5-3-4-12(17)10-13/h3-5,10H,2,6-9H2,1H3. The Morgan fingerprint density at radius 1 is 1.27 bits per heavy atom. The monoisotopic (exact) mass is 316 g/mol. The molecule has 0 saturated carbocycles. The summed E-state index contributed by atoms with van der Waals surface area (Å²) in [7, 11) is 0. The molecule has 0 radical (unpaired) electrons. The van der Waals surface area contributed by atoms with Crippen LogP contribution in [0.3, 0.4) is 0 Å². The molecule has 0 bridgehead atoms. The minimum absolute atomic E-state index is 0.382. The third-order valence-corrected chi connectivity index (χ3v) is 4.04. The summed E-state index contributed by atoms with van der Waals surface area (Å²) in [5.74, 6) is 1.22. The fourth-order valence-electron chi connectivity index (χ4n) is 2.63. The number of nitrogens with zero attached hydrogens (tertiary/aromatic N) is 4. The Labute approximate surface area is 134 Å². The molecule has 22 heavy (non-hydrogen) atoms. The first-order valence-corrected chi connectivity index (χ1v) is 7.74. The van der Waals surface area contributed by atoms with E-state index in [-0.39, 0.29) is 0 Å². The van der Waals surface area contributed by atoms with Gasteiger partial charge < -0.3 is 14.2 Å². The molecule has 5 nitrogen and oxygen atoms in total. The van der Waals surface area contributed by atoms with E-state index in [1.807, 2.05) is 25.1 Å². The number of piperazine rings is 1. The van der Waals surface area contributed by atoms with Crippen LogP contribution < -0.4 is 9.80 Å². The number of hydrogen-bond donors (Lipinski definition) is 0. The molecule has 1 aromatic heterocycles. The molecular weight excluding hydrogens is 300 g/mol. The Morgan fingerprint density at radius 3 is 2.64 bits per heavy atom. The third kappa shape index (κ3) is 2.88. The molecule has 1 aliphatic heterocycles. The van der Waals surface area contributed by atoms with Crippen molar-refractivity contribution in [3.63, 3.8) is 0 Å². The van der Waals surface area contributed by atoms with Gasteiger partial charge in [-0.2, -0.15) is 5.26 Å². The van der Waals surface area contributed by atoms with Gasteiger partial charge in [-0.05, 0) is 18.2 Å². The van der Waals surface area contributed by atoms with E-state index in [9.17, 15) is 5.26 Å². The number of aromatic nitrogens is 1. The predicted molar refractivity (Wildman–Crippen MR) is 86.5 cm³/mol. The van der Waals surface area contributed by atoms with Crippen molar-refractivity contribution in [1.82, 2.24) is 4.98 Å². The highest BCUT2D eigenvalue weighted by Gasteiger charge is 2.24. The SMILES string of the molecule is CCc1nc(C#N)c(N2CCN(c3cccc(Cl)c3)CC2)o1. The summed E-state index contributed by atoms with van der Waals surface area (Å²) in [6.07, 6.45) is 0.692. The maximum absolute atomic E-state index is 9.19. The van der Waals surface area contributed by atoms with Gasteiger partial charge in [-0.25, -0.2) is 4.98 Å². The van der Waals surface area contributed by atoms with E-state index >= 15 is 0 Å². The highest BCUT2D eigenvalue weighted by Crippen LogP contribution is 2.26. The van der Waals surface area contributed by atoms with Crippen molar-refractivity contribution < 1.29 is 4.42 Å². The molecule has 1 aromatic carbocycles. The molecule has 114 valence electrons. The zero-order valence-electron chi connectivity index (χ0n) is 12.4. The van der Waals surface area contributed by atoms with Crippen LogP contribution in [0.25, 0.3) is 0 Å². The lowest BCUT2D eigenvalue weighted by atomic mass is 10.2. The Bertz CT molecular complexity index is 698. The first kappa shape index (κ1) is 14.7. The van der Waals surface area contributed by atoms with Crippen molar-refractivity contribution in [2.24, 2.45) is 0 Å². The van der Waals surface area contributed by atoms with E-state index in [2.05, 4.69) is 26.9 Å². The summed E-state index contributed by atoms with van der Waals surface area (Å²) in [5, 5.41) is 9.94. The lowest BCUT2D eigenvalue weighted by Crippen LogP contribution is -2.46. The second-order valence-electron chi connectivity index (χ2n) is 5.18. The van der Waals surface area contributed by atoms with E-state index in [4.69, 9.17) is 16.0 Å². The molecule has 0 N–H and O–H groups in total. The lowest BCUT2D eigenvalue weighted by Gasteiger charge is -2.35. The van der Waals surface area contributed by atoms with Gasteiger partial charge in [0.1, 0.15) is 6.07 Å². The number of anilines is 2. The van der Waals surface area contributed by atoms with E-state index in [0.29, 0.717) is 23.9 Å². The Kier molecular flexibility index (Phi) is 4.21. The predicted octanol–water partition coefficient (Wildman–Crippen LogP) is 3.09. The van der Waals surface area contributed by atoms with Crippen LogP contribution in [-0.4, -0.2) is 31.2 Å². The normalized spacial score (nSPS) is 15.0. The molecule has 0 aliphatic carbocycles. The van der Waals surface area contributed by atoms with Gasteiger partial charge in [0.25, 0.3) is 0 Å². The largest absolute Gasteiger partial charge is 0.424 e. The third-order valence-electron chi connectivity index (χ3n) is 3.80. The van der Waals surface area contributed by atoms with Crippen LogP contribution >= 0.6 is 11.6 Å². The van der Waals surface area contributed by atoms with Crippen LogP contribution in [-0.2, 0) is 6.42 Å². The molecule has 2 aromatic rings. The molecule has 3 rings (SSSR count). The van der Waals surface area contributed by atoms with Crippen molar-refractivity contribution in [2.45, 2.75) is 13.3 Å². The summed E-state index contributed by atoms with van der Waals surface area (Å²) in [5.41, 5.74) is 1.51. The summed E-state index contributed by atoms with van der Waals surface area (Å²) in [6.45, 7) is 5.26. The number of halogens is 1. The second-order valence-corrected chi connectivity index (χ2v) is 5.62. The number of oxazole rings is 1. The zero-order valence-corrected chi connectivity index (χ0v) is 13.2. The molecule has 0 unspecified atom stereocenters. The van der Waals surface area contributed by atoms with Gasteiger partial charge in [0.05, 0.1) is 0 Å². The molecule has 1 fully saturated rings. The molecule has 2 heterocycles. The average Bonchev–Trinajstić information content (AvgIpc) is 2.98. The Balaban J connectivity index is 1.72. The van der Waals surface area contributed by atoms with Gasteiger partial charge in [0.2, 0.25) is 11.6 Å². The van der Waals surface area contributed by atoms with Crippen LogP contribution in [0.5, 0.6) is 0 Å². The van der Waals surface area contributed by atoms with Crippen LogP contribution in [0.2, 0.25) is 5.02 Å². The fraction of sp³-hybridized carbons (Fsp3) is 0.375. The van der Waals surface area contributed by atoms with Gasteiger partial charge in [0, 0.05) is 43.3 Å². The van der Waals surface area contributed by atoms with E-state index < -0.39 is 0 Å². The van der Waals surface area contributed by atoms with Crippen LogP contribution in [0.15, 0.2) is 28.7 Å². The first-order chi connectivity index (χ1) is 10.7. The minimum Gasteiger partial charge on any atom is -0.424 e. The first-order valence-electron chi connectivity index (χ1n) is 7.36. The summed E-state index contributed by atoms with van der Waals surface area (Å²) >= 11 is 6.05. The van der Waals surface area contributed by atoms with Gasteiger partial charge in [-0.15, -0.1) is 0 Å². The molecule has 6 heteroatoms. The lowest BCUT2D eigenvalue weighted by molar-refractivity contribution is 0.481. The number of benzene rings is 1. The smallest absolute Gasteiger partial charge is 0.234 e. The van der Waals surface area contributed by atoms with E-state index in [1.54, 1.807) is 0 Å². The second kappa shape index (κ2) is 6.29. The molecule has 1 aliphatic rings. The minimum atomic E-state index is 0.382. The van der Waals surface area contributed by atoms with Gasteiger partial charge >= 0.3 is 0 Å². The van der Waals surface area contributed by atoms with Crippen LogP contribution in [0.1, 0.15) is 18.5 Å². The van der Waals surface area contributed by atoms with Crippen molar-refractivity contribution in [3.05, 3.63) is 40.9 Å². The van der Waals surface area contributed by atoms with Crippen LogP contribution in [0, 0.1) is 11.3 Å². The molecular formula is C16H17ClN4O. The van der Waals surface area contributed by atoms with Gasteiger partial charge in [0.15, 0.2) is 5.89 Å². The van der Waals surface area contributed by atoms with Crippen LogP contribution in [0.4, 0.5) is 11.6 Å². The summed E-state index contributed by atoms with van der Waals surface area (Å²) in [4.78, 5) is 8.58. The van der Waals surface area contributed by atoms with Crippen molar-refractivity contribution in [3.8, 4) is 6.07 Å². The van der Waals surface area contributed by atoms with Crippen molar-refractivity contribution >= 4 is 23.2 Å². The quantitative estimate of drug-likeness (QED) is 0.871. The molecule has 0 amide bonds. The maximum atomic E-state index is 9.19. The maximum Gasteiger partial charge on any atom is 0.234 e. The number of aryl methyl sites for hydroxylation is 1. The molecule has 0 spiro atoms. The van der Waals surface area contributed by atoms with Gasteiger partial charge in [-0.3, -0.25) is 0 Å². The molecule has 1 saturated heterocycles.